The van der Waals surface area contributed by atoms with Crippen LogP contribution in [0.4, 0.5) is 11.9 Å². The van der Waals surface area contributed by atoms with Gasteiger partial charge in [0.1, 0.15) is 0 Å². The maximum atomic E-state index is 9.48. The highest BCUT2D eigenvalue weighted by Crippen LogP contribution is 2.11. The van der Waals surface area contributed by atoms with Gasteiger partial charge >= 0.3 is 6.01 Å². The Bertz CT molecular complexity index is 375. The van der Waals surface area contributed by atoms with Crippen LogP contribution < -0.4 is 15.4 Å². The molecule has 0 bridgehead atoms. The number of anilines is 2. The minimum absolute atomic E-state index is 0.271. The molecule has 1 aromatic heterocycles. The fourth-order valence-electron chi connectivity index (χ4n) is 1.40. The first-order valence-corrected chi connectivity index (χ1v) is 6.65. The van der Waals surface area contributed by atoms with Crippen LogP contribution in [0.1, 0.15) is 33.1 Å². The third kappa shape index (κ3) is 5.69. The molecule has 0 aliphatic carbocycles. The van der Waals surface area contributed by atoms with Crippen LogP contribution in [0.2, 0.25) is 0 Å². The van der Waals surface area contributed by atoms with Gasteiger partial charge in [-0.2, -0.15) is 15.0 Å². The number of nitrogens with one attached hydrogen (secondary N) is 2. The molecule has 0 saturated carbocycles. The average Bonchev–Trinajstić information content (AvgIpc) is 2.44. The molecule has 108 valence electrons. The van der Waals surface area contributed by atoms with Gasteiger partial charge in [-0.25, -0.2) is 0 Å². The smallest absolute Gasteiger partial charge is 0.322 e. The van der Waals surface area contributed by atoms with Gasteiger partial charge < -0.3 is 20.5 Å². The molecule has 19 heavy (non-hydrogen) atoms. The van der Waals surface area contributed by atoms with Gasteiger partial charge in [-0.3, -0.25) is 0 Å². The average molecular weight is 269 g/mol. The first-order chi connectivity index (χ1) is 9.19. The molecule has 0 aromatic carbocycles. The number of methoxy groups -OCH3 is 1. The lowest BCUT2D eigenvalue weighted by Crippen LogP contribution is -2.15. The summed E-state index contributed by atoms with van der Waals surface area (Å²) in [5.41, 5.74) is 0. The van der Waals surface area contributed by atoms with Crippen molar-refractivity contribution in [1.82, 2.24) is 15.0 Å². The number of aliphatic hydroxyl groups excluding tert-OH is 1. The van der Waals surface area contributed by atoms with Crippen LogP contribution >= 0.6 is 0 Å². The van der Waals surface area contributed by atoms with Crippen molar-refractivity contribution in [2.45, 2.75) is 39.2 Å². The summed E-state index contributed by atoms with van der Waals surface area (Å²) in [5.74, 6) is 0.945. The normalized spacial score (nSPS) is 12.0. The lowest BCUT2D eigenvalue weighted by atomic mass is 10.2. The number of hydrogen-bond acceptors (Lipinski definition) is 7. The molecule has 0 radical (unpaired) electrons. The van der Waals surface area contributed by atoms with E-state index in [0.717, 1.165) is 19.4 Å². The molecule has 0 aliphatic heterocycles. The molecule has 3 N–H and O–H groups in total. The van der Waals surface area contributed by atoms with Crippen LogP contribution in [-0.4, -0.2) is 46.4 Å². The summed E-state index contributed by atoms with van der Waals surface area (Å²) in [6.07, 6.45) is 2.08. The number of ether oxygens (including phenoxy) is 1. The predicted molar refractivity (Wildman–Crippen MR) is 74.6 cm³/mol. The Morgan fingerprint density at radius 1 is 1.11 bits per heavy atom. The van der Waals surface area contributed by atoms with E-state index >= 15 is 0 Å². The number of aliphatic hydroxyl groups is 1. The summed E-state index contributed by atoms with van der Waals surface area (Å²) in [4.78, 5) is 12.4. The second-order valence-corrected chi connectivity index (χ2v) is 4.17. The maximum Gasteiger partial charge on any atom is 0.322 e. The maximum absolute atomic E-state index is 9.48. The first kappa shape index (κ1) is 15.4. The zero-order valence-corrected chi connectivity index (χ0v) is 11.8. The Morgan fingerprint density at radius 3 is 2.26 bits per heavy atom. The van der Waals surface area contributed by atoms with Crippen LogP contribution in [0.15, 0.2) is 0 Å². The molecule has 7 nitrogen and oxygen atoms in total. The molecule has 1 aromatic rings. The Labute approximate surface area is 113 Å². The highest BCUT2D eigenvalue weighted by Gasteiger charge is 2.07. The predicted octanol–water partition coefficient (Wildman–Crippen LogP) is 1.27. The van der Waals surface area contributed by atoms with E-state index in [1.54, 1.807) is 0 Å². The van der Waals surface area contributed by atoms with Gasteiger partial charge in [-0.15, -0.1) is 0 Å². The second kappa shape index (κ2) is 8.47. The largest absolute Gasteiger partial charge is 0.467 e. The van der Waals surface area contributed by atoms with Gasteiger partial charge in [0.15, 0.2) is 0 Å². The first-order valence-electron chi connectivity index (χ1n) is 6.65. The van der Waals surface area contributed by atoms with Crippen molar-refractivity contribution in [2.75, 3.05) is 30.8 Å². The molecule has 0 fully saturated rings. The number of rotatable bonds is 9. The van der Waals surface area contributed by atoms with E-state index in [1.165, 1.54) is 7.11 Å². The standard InChI is InChI=1S/C12H23N5O2/c1-4-7-13-10-15-11(17-12(16-10)19-3)14-8-6-9(18)5-2/h9,18H,4-8H2,1-3H3,(H2,13,14,15,16,17). The number of aromatic nitrogens is 3. The van der Waals surface area contributed by atoms with E-state index in [-0.39, 0.29) is 12.1 Å². The zero-order valence-electron chi connectivity index (χ0n) is 11.8. The molecular formula is C12H23N5O2. The van der Waals surface area contributed by atoms with Crippen molar-refractivity contribution in [3.05, 3.63) is 0 Å². The summed E-state index contributed by atoms with van der Waals surface area (Å²) < 4.78 is 5.03. The molecule has 0 amide bonds. The minimum atomic E-state index is -0.297. The van der Waals surface area contributed by atoms with Gasteiger partial charge in [0.25, 0.3) is 0 Å². The van der Waals surface area contributed by atoms with Crippen LogP contribution in [0.3, 0.4) is 0 Å². The van der Waals surface area contributed by atoms with Crippen molar-refractivity contribution in [1.29, 1.82) is 0 Å². The van der Waals surface area contributed by atoms with Gasteiger partial charge in [-0.1, -0.05) is 13.8 Å². The monoisotopic (exact) mass is 269 g/mol. The molecule has 1 atom stereocenters. The van der Waals surface area contributed by atoms with E-state index in [2.05, 4.69) is 32.5 Å². The summed E-state index contributed by atoms with van der Waals surface area (Å²) >= 11 is 0. The van der Waals surface area contributed by atoms with Crippen molar-refractivity contribution in [3.8, 4) is 6.01 Å². The molecular weight excluding hydrogens is 246 g/mol. The fraction of sp³-hybridized carbons (Fsp3) is 0.750. The molecule has 0 spiro atoms. The number of hydrogen-bond donors (Lipinski definition) is 3. The van der Waals surface area contributed by atoms with Crippen molar-refractivity contribution < 1.29 is 9.84 Å². The van der Waals surface area contributed by atoms with Crippen molar-refractivity contribution >= 4 is 11.9 Å². The van der Waals surface area contributed by atoms with E-state index < -0.39 is 0 Å². The quantitative estimate of drug-likeness (QED) is 0.621. The summed E-state index contributed by atoms with van der Waals surface area (Å²) in [6.45, 7) is 5.41. The third-order valence-electron chi connectivity index (χ3n) is 2.56. The molecule has 0 saturated heterocycles. The van der Waals surface area contributed by atoms with E-state index in [9.17, 15) is 5.11 Å². The van der Waals surface area contributed by atoms with Gasteiger partial charge in [0.2, 0.25) is 11.9 Å². The van der Waals surface area contributed by atoms with Crippen LogP contribution in [0.5, 0.6) is 6.01 Å². The minimum Gasteiger partial charge on any atom is -0.467 e. The third-order valence-corrected chi connectivity index (χ3v) is 2.56. The van der Waals surface area contributed by atoms with Gasteiger partial charge in [0.05, 0.1) is 13.2 Å². The molecule has 1 unspecified atom stereocenters. The summed E-state index contributed by atoms with van der Waals surface area (Å²) in [7, 11) is 1.52. The van der Waals surface area contributed by atoms with Crippen molar-refractivity contribution in [3.63, 3.8) is 0 Å². The molecule has 7 heteroatoms. The van der Waals surface area contributed by atoms with E-state index in [0.29, 0.717) is 24.9 Å². The molecule has 0 aliphatic rings. The van der Waals surface area contributed by atoms with E-state index in [4.69, 9.17) is 4.74 Å². The Morgan fingerprint density at radius 2 is 1.74 bits per heavy atom. The second-order valence-electron chi connectivity index (χ2n) is 4.17. The Hall–Kier alpha value is -1.63. The fourth-order valence-corrected chi connectivity index (χ4v) is 1.40. The van der Waals surface area contributed by atoms with Crippen LogP contribution in [0.25, 0.3) is 0 Å². The Balaban J connectivity index is 2.60. The number of nitrogens with zero attached hydrogens (tertiary/aromatic N) is 3. The lowest BCUT2D eigenvalue weighted by Gasteiger charge is -2.10. The molecule has 1 heterocycles. The lowest BCUT2D eigenvalue weighted by molar-refractivity contribution is 0.164. The SMILES string of the molecule is CCCNc1nc(NCCC(O)CC)nc(OC)n1. The van der Waals surface area contributed by atoms with Crippen LogP contribution in [-0.2, 0) is 0 Å². The topological polar surface area (TPSA) is 92.2 Å². The van der Waals surface area contributed by atoms with E-state index in [1.807, 2.05) is 6.92 Å². The van der Waals surface area contributed by atoms with Crippen molar-refractivity contribution in [2.24, 2.45) is 0 Å². The highest BCUT2D eigenvalue weighted by atomic mass is 16.5. The zero-order chi connectivity index (χ0) is 14.1. The van der Waals surface area contributed by atoms with Gasteiger partial charge in [-0.05, 0) is 19.3 Å². The summed E-state index contributed by atoms with van der Waals surface area (Å²) in [5, 5.41) is 15.6. The summed E-state index contributed by atoms with van der Waals surface area (Å²) in [6, 6.07) is 0.271. The van der Waals surface area contributed by atoms with Crippen LogP contribution in [0, 0.1) is 0 Å². The molecule has 1 rings (SSSR count). The van der Waals surface area contributed by atoms with Gasteiger partial charge in [0, 0.05) is 13.1 Å². The Kier molecular flexibility index (Phi) is 6.88. The highest BCUT2D eigenvalue weighted by molar-refractivity contribution is 5.35.